The number of hydrogen-bond acceptors (Lipinski definition) is 1. The first-order valence-corrected chi connectivity index (χ1v) is 7.35. The lowest BCUT2D eigenvalue weighted by molar-refractivity contribution is -0.0158. The molecule has 0 saturated carbocycles. The van der Waals surface area contributed by atoms with Crippen molar-refractivity contribution in [2.24, 2.45) is 23.7 Å². The third kappa shape index (κ3) is 2.30. The molecule has 0 aliphatic carbocycles. The van der Waals surface area contributed by atoms with Crippen LogP contribution >= 0.6 is 0 Å². The van der Waals surface area contributed by atoms with Gasteiger partial charge in [-0.15, -0.1) is 0 Å². The molecule has 2 aliphatic rings. The van der Waals surface area contributed by atoms with Gasteiger partial charge in [-0.25, -0.2) is 0 Å². The highest BCUT2D eigenvalue weighted by atomic mass is 15.2. The third-order valence-corrected chi connectivity index (χ3v) is 4.98. The van der Waals surface area contributed by atoms with E-state index in [1.54, 1.807) is 0 Å². The van der Waals surface area contributed by atoms with Crippen LogP contribution in [0.2, 0.25) is 0 Å². The monoisotopic (exact) mass is 223 g/mol. The maximum absolute atomic E-state index is 2.80. The third-order valence-electron chi connectivity index (χ3n) is 4.98. The highest BCUT2D eigenvalue weighted by molar-refractivity contribution is 4.93. The average Bonchev–Trinajstić information content (AvgIpc) is 2.27. The first kappa shape index (κ1) is 12.4. The lowest BCUT2D eigenvalue weighted by Gasteiger charge is -2.51. The van der Waals surface area contributed by atoms with Gasteiger partial charge in [0.1, 0.15) is 0 Å². The molecule has 1 nitrogen and oxygen atoms in total. The summed E-state index contributed by atoms with van der Waals surface area (Å²) in [5.41, 5.74) is 0. The van der Waals surface area contributed by atoms with Crippen LogP contribution in [-0.2, 0) is 0 Å². The molecular weight excluding hydrogens is 194 g/mol. The molecule has 0 radical (unpaired) electrons. The summed E-state index contributed by atoms with van der Waals surface area (Å²) in [5, 5.41) is 0. The molecule has 0 aromatic heterocycles. The van der Waals surface area contributed by atoms with E-state index in [0.717, 1.165) is 29.7 Å². The first-order valence-electron chi connectivity index (χ1n) is 7.35. The largest absolute Gasteiger partial charge is 0.300 e. The summed E-state index contributed by atoms with van der Waals surface area (Å²) >= 11 is 0. The fraction of sp³-hybridized carbons (Fsp3) is 1.00. The van der Waals surface area contributed by atoms with Gasteiger partial charge in [-0.05, 0) is 56.0 Å². The summed E-state index contributed by atoms with van der Waals surface area (Å²) in [5.74, 6) is 3.66. The second-order valence-corrected chi connectivity index (χ2v) is 6.62. The predicted molar refractivity (Wildman–Crippen MR) is 70.5 cm³/mol. The van der Waals surface area contributed by atoms with Gasteiger partial charge in [-0.3, -0.25) is 0 Å². The molecule has 2 heterocycles. The molecule has 3 unspecified atom stereocenters. The van der Waals surface area contributed by atoms with Gasteiger partial charge in [0.25, 0.3) is 0 Å². The van der Waals surface area contributed by atoms with Crippen LogP contribution in [0.5, 0.6) is 0 Å². The number of rotatable bonds is 2. The Labute approximate surface area is 102 Å². The molecule has 16 heavy (non-hydrogen) atoms. The average molecular weight is 223 g/mol. The molecule has 1 heteroatoms. The number of hydrogen-bond donors (Lipinski definition) is 0. The van der Waals surface area contributed by atoms with Gasteiger partial charge in [0.05, 0.1) is 0 Å². The van der Waals surface area contributed by atoms with Crippen LogP contribution < -0.4 is 0 Å². The lowest BCUT2D eigenvalue weighted by Crippen LogP contribution is -2.53. The molecule has 0 N–H and O–H groups in total. The van der Waals surface area contributed by atoms with Gasteiger partial charge < -0.3 is 4.90 Å². The zero-order valence-electron chi connectivity index (χ0n) is 11.6. The Morgan fingerprint density at radius 2 is 1.62 bits per heavy atom. The maximum atomic E-state index is 2.80. The SMILES string of the molecule is CC(C)C1CCN2CCCCC2C1C(C)C. The molecular formula is C15H29N. The van der Waals surface area contributed by atoms with Gasteiger partial charge in [0.2, 0.25) is 0 Å². The fourth-order valence-electron chi connectivity index (χ4n) is 4.24. The Morgan fingerprint density at radius 3 is 2.25 bits per heavy atom. The molecule has 2 saturated heterocycles. The van der Waals surface area contributed by atoms with E-state index in [1.807, 2.05) is 0 Å². The van der Waals surface area contributed by atoms with Crippen molar-refractivity contribution in [2.45, 2.75) is 59.4 Å². The van der Waals surface area contributed by atoms with Gasteiger partial charge in [0.15, 0.2) is 0 Å². The van der Waals surface area contributed by atoms with Crippen LogP contribution in [0, 0.1) is 23.7 Å². The zero-order chi connectivity index (χ0) is 11.7. The maximum Gasteiger partial charge on any atom is 0.0129 e. The van der Waals surface area contributed by atoms with Crippen molar-refractivity contribution >= 4 is 0 Å². The Hall–Kier alpha value is -0.0400. The van der Waals surface area contributed by atoms with Crippen LogP contribution in [0.1, 0.15) is 53.4 Å². The van der Waals surface area contributed by atoms with Crippen molar-refractivity contribution in [1.82, 2.24) is 4.90 Å². The molecule has 94 valence electrons. The van der Waals surface area contributed by atoms with Crippen molar-refractivity contribution in [3.63, 3.8) is 0 Å². The Kier molecular flexibility index (Phi) is 3.94. The van der Waals surface area contributed by atoms with Gasteiger partial charge in [0, 0.05) is 6.04 Å². The van der Waals surface area contributed by atoms with Gasteiger partial charge in [-0.2, -0.15) is 0 Å². The molecule has 0 bridgehead atoms. The summed E-state index contributed by atoms with van der Waals surface area (Å²) in [7, 11) is 0. The standard InChI is InChI=1S/C15H29N/c1-11(2)13-8-10-16-9-6-5-7-14(16)15(13)12(3)4/h11-15H,5-10H2,1-4H3. The van der Waals surface area contributed by atoms with E-state index >= 15 is 0 Å². The van der Waals surface area contributed by atoms with Crippen molar-refractivity contribution in [2.75, 3.05) is 13.1 Å². The van der Waals surface area contributed by atoms with E-state index < -0.39 is 0 Å². The predicted octanol–water partition coefficient (Wildman–Crippen LogP) is 3.79. The quantitative estimate of drug-likeness (QED) is 0.688. The summed E-state index contributed by atoms with van der Waals surface area (Å²) in [4.78, 5) is 2.80. The molecule has 2 rings (SSSR count). The van der Waals surface area contributed by atoms with E-state index in [9.17, 15) is 0 Å². The van der Waals surface area contributed by atoms with Crippen molar-refractivity contribution in [1.29, 1.82) is 0 Å². The Balaban J connectivity index is 2.14. The zero-order valence-corrected chi connectivity index (χ0v) is 11.6. The molecule has 2 aliphatic heterocycles. The summed E-state index contributed by atoms with van der Waals surface area (Å²) in [6, 6.07) is 0.912. The van der Waals surface area contributed by atoms with E-state index in [2.05, 4.69) is 32.6 Å². The van der Waals surface area contributed by atoms with Crippen LogP contribution in [0.15, 0.2) is 0 Å². The Morgan fingerprint density at radius 1 is 0.875 bits per heavy atom. The van der Waals surface area contributed by atoms with Crippen LogP contribution in [0.3, 0.4) is 0 Å². The summed E-state index contributed by atoms with van der Waals surface area (Å²) in [6.07, 6.45) is 5.81. The minimum atomic E-state index is 0.860. The van der Waals surface area contributed by atoms with E-state index in [4.69, 9.17) is 0 Å². The lowest BCUT2D eigenvalue weighted by atomic mass is 9.67. The van der Waals surface area contributed by atoms with Crippen LogP contribution in [0.25, 0.3) is 0 Å². The van der Waals surface area contributed by atoms with Crippen LogP contribution in [0.4, 0.5) is 0 Å². The minimum absolute atomic E-state index is 0.860. The molecule has 0 aromatic rings. The van der Waals surface area contributed by atoms with E-state index in [1.165, 1.54) is 38.8 Å². The highest BCUT2D eigenvalue weighted by Crippen LogP contribution is 2.41. The second kappa shape index (κ2) is 5.08. The van der Waals surface area contributed by atoms with E-state index in [0.29, 0.717) is 0 Å². The summed E-state index contributed by atoms with van der Waals surface area (Å²) in [6.45, 7) is 12.5. The molecule has 3 atom stereocenters. The molecule has 0 aromatic carbocycles. The smallest absolute Gasteiger partial charge is 0.0129 e. The normalized spacial score (nSPS) is 36.8. The van der Waals surface area contributed by atoms with E-state index in [-0.39, 0.29) is 0 Å². The molecule has 2 fully saturated rings. The molecule has 0 spiro atoms. The van der Waals surface area contributed by atoms with Crippen molar-refractivity contribution < 1.29 is 0 Å². The number of fused-ring (bicyclic) bond motifs is 1. The van der Waals surface area contributed by atoms with Gasteiger partial charge in [-0.1, -0.05) is 34.1 Å². The topological polar surface area (TPSA) is 3.24 Å². The Bertz CT molecular complexity index is 221. The van der Waals surface area contributed by atoms with Gasteiger partial charge >= 0.3 is 0 Å². The van der Waals surface area contributed by atoms with Crippen LogP contribution in [-0.4, -0.2) is 24.0 Å². The van der Waals surface area contributed by atoms with Crippen molar-refractivity contribution in [3.05, 3.63) is 0 Å². The number of nitrogens with zero attached hydrogens (tertiary/aromatic N) is 1. The fourth-order valence-corrected chi connectivity index (χ4v) is 4.24. The minimum Gasteiger partial charge on any atom is -0.300 e. The van der Waals surface area contributed by atoms with Crippen molar-refractivity contribution in [3.8, 4) is 0 Å². The molecule has 0 amide bonds. The summed E-state index contributed by atoms with van der Waals surface area (Å²) < 4.78 is 0. The highest BCUT2D eigenvalue weighted by Gasteiger charge is 2.41. The first-order chi connectivity index (χ1) is 7.61. The second-order valence-electron chi connectivity index (χ2n) is 6.62. The number of piperidine rings is 2.